The SMILES string of the molecule is Cl.O=C(NCc1cccs1)c1cc(NC(=O)C2COCCN2)ccc1Cl. The summed E-state index contributed by atoms with van der Waals surface area (Å²) < 4.78 is 5.28. The van der Waals surface area contributed by atoms with Crippen LogP contribution in [0.4, 0.5) is 5.69 Å². The fraction of sp³-hybridized carbons (Fsp3) is 0.294. The molecule has 26 heavy (non-hydrogen) atoms. The Labute approximate surface area is 166 Å². The van der Waals surface area contributed by atoms with Crippen LogP contribution in [0.3, 0.4) is 0 Å². The number of amides is 2. The van der Waals surface area contributed by atoms with Gasteiger partial charge in [0.25, 0.3) is 5.91 Å². The van der Waals surface area contributed by atoms with E-state index in [1.54, 1.807) is 29.5 Å². The average Bonchev–Trinajstić information content (AvgIpc) is 3.15. The van der Waals surface area contributed by atoms with Crippen LogP contribution >= 0.6 is 35.3 Å². The van der Waals surface area contributed by atoms with Crippen LogP contribution in [0.2, 0.25) is 5.02 Å². The molecule has 0 aliphatic carbocycles. The summed E-state index contributed by atoms with van der Waals surface area (Å²) in [4.78, 5) is 25.6. The van der Waals surface area contributed by atoms with Crippen LogP contribution in [0, 0.1) is 0 Å². The first kappa shape index (κ1) is 20.7. The van der Waals surface area contributed by atoms with Crippen LogP contribution in [0.25, 0.3) is 0 Å². The summed E-state index contributed by atoms with van der Waals surface area (Å²) in [5.74, 6) is -0.486. The van der Waals surface area contributed by atoms with Crippen LogP contribution in [0.15, 0.2) is 35.7 Å². The number of morpholine rings is 1. The first-order valence-corrected chi connectivity index (χ1v) is 9.11. The molecule has 1 aromatic carbocycles. The van der Waals surface area contributed by atoms with E-state index in [0.29, 0.717) is 42.6 Å². The van der Waals surface area contributed by atoms with E-state index < -0.39 is 6.04 Å². The minimum absolute atomic E-state index is 0. The molecule has 9 heteroatoms. The first-order valence-electron chi connectivity index (χ1n) is 7.85. The Kier molecular flexibility index (Phi) is 7.86. The third-order valence-corrected chi connectivity index (χ3v) is 4.93. The van der Waals surface area contributed by atoms with Crippen LogP contribution in [0.1, 0.15) is 15.2 Å². The molecule has 1 aromatic heterocycles. The molecule has 1 aliphatic rings. The molecule has 2 amide bonds. The first-order chi connectivity index (χ1) is 12.1. The van der Waals surface area contributed by atoms with Crippen LogP contribution < -0.4 is 16.0 Å². The molecule has 3 N–H and O–H groups in total. The monoisotopic (exact) mass is 415 g/mol. The van der Waals surface area contributed by atoms with Crippen molar-refractivity contribution in [2.24, 2.45) is 0 Å². The molecule has 3 rings (SSSR count). The summed E-state index contributed by atoms with van der Waals surface area (Å²) in [5.41, 5.74) is 0.840. The number of hydrogen-bond acceptors (Lipinski definition) is 5. The highest BCUT2D eigenvalue weighted by Crippen LogP contribution is 2.21. The minimum atomic E-state index is -0.402. The van der Waals surface area contributed by atoms with Gasteiger partial charge in [0.05, 0.1) is 30.3 Å². The topological polar surface area (TPSA) is 79.5 Å². The van der Waals surface area contributed by atoms with Crippen molar-refractivity contribution in [2.75, 3.05) is 25.1 Å². The van der Waals surface area contributed by atoms with E-state index in [4.69, 9.17) is 16.3 Å². The Hall–Kier alpha value is -1.64. The van der Waals surface area contributed by atoms with Gasteiger partial charge in [-0.05, 0) is 29.6 Å². The van der Waals surface area contributed by atoms with Crippen molar-refractivity contribution in [3.8, 4) is 0 Å². The van der Waals surface area contributed by atoms with E-state index in [1.165, 1.54) is 0 Å². The van der Waals surface area contributed by atoms with Gasteiger partial charge in [-0.1, -0.05) is 17.7 Å². The van der Waals surface area contributed by atoms with Crippen LogP contribution in [0.5, 0.6) is 0 Å². The number of rotatable bonds is 5. The zero-order valence-corrected chi connectivity index (χ0v) is 16.2. The van der Waals surface area contributed by atoms with Gasteiger partial charge in [-0.25, -0.2) is 0 Å². The normalized spacial score (nSPS) is 16.4. The van der Waals surface area contributed by atoms with Gasteiger partial charge in [0.15, 0.2) is 0 Å². The van der Waals surface area contributed by atoms with Gasteiger partial charge in [-0.3, -0.25) is 9.59 Å². The number of ether oxygens (including phenoxy) is 1. The lowest BCUT2D eigenvalue weighted by Crippen LogP contribution is -2.48. The van der Waals surface area contributed by atoms with Crippen molar-refractivity contribution in [3.63, 3.8) is 0 Å². The number of benzene rings is 1. The molecule has 0 bridgehead atoms. The molecule has 1 atom stereocenters. The van der Waals surface area contributed by atoms with Crippen molar-refractivity contribution >= 4 is 52.8 Å². The number of thiophene rings is 1. The molecular weight excluding hydrogens is 397 g/mol. The minimum Gasteiger partial charge on any atom is -0.378 e. The number of nitrogens with one attached hydrogen (secondary N) is 3. The molecule has 6 nitrogen and oxygen atoms in total. The van der Waals surface area contributed by atoms with Crippen molar-refractivity contribution in [1.29, 1.82) is 0 Å². The van der Waals surface area contributed by atoms with Crippen LogP contribution in [-0.2, 0) is 16.1 Å². The molecule has 0 radical (unpaired) electrons. The summed E-state index contributed by atoms with van der Waals surface area (Å²) in [6.07, 6.45) is 0. The maximum Gasteiger partial charge on any atom is 0.253 e. The zero-order valence-electron chi connectivity index (χ0n) is 13.8. The number of carbonyl (C=O) groups is 2. The van der Waals surface area contributed by atoms with E-state index in [-0.39, 0.29) is 24.2 Å². The second-order valence-corrected chi connectivity index (χ2v) is 6.97. The number of carbonyl (C=O) groups excluding carboxylic acids is 2. The maximum absolute atomic E-state index is 12.4. The Morgan fingerprint density at radius 2 is 2.19 bits per heavy atom. The molecule has 1 aliphatic heterocycles. The highest BCUT2D eigenvalue weighted by atomic mass is 35.5. The highest BCUT2D eigenvalue weighted by molar-refractivity contribution is 7.09. The van der Waals surface area contributed by atoms with Crippen molar-refractivity contribution in [2.45, 2.75) is 12.6 Å². The number of anilines is 1. The molecule has 1 saturated heterocycles. The largest absolute Gasteiger partial charge is 0.378 e. The lowest BCUT2D eigenvalue weighted by atomic mass is 10.1. The third kappa shape index (κ3) is 5.43. The fourth-order valence-electron chi connectivity index (χ4n) is 2.42. The standard InChI is InChI=1S/C17H18ClN3O3S.ClH/c18-14-4-3-11(21-17(23)15-10-24-6-5-19-15)8-13(14)16(22)20-9-12-2-1-7-25-12;/h1-4,7-8,15,19H,5-6,9-10H2,(H,20,22)(H,21,23);1H. The Morgan fingerprint density at radius 3 is 2.88 bits per heavy atom. The summed E-state index contributed by atoms with van der Waals surface area (Å²) in [7, 11) is 0. The predicted molar refractivity (Wildman–Crippen MR) is 105 cm³/mol. The summed E-state index contributed by atoms with van der Waals surface area (Å²) >= 11 is 7.70. The van der Waals surface area contributed by atoms with Gasteiger partial charge in [0, 0.05) is 17.1 Å². The molecule has 2 aromatic rings. The van der Waals surface area contributed by atoms with E-state index in [0.717, 1.165) is 4.88 Å². The molecule has 0 saturated carbocycles. The smallest absolute Gasteiger partial charge is 0.253 e. The second kappa shape index (κ2) is 9.89. The van der Waals surface area contributed by atoms with Gasteiger partial charge in [-0.15, -0.1) is 23.7 Å². The summed E-state index contributed by atoms with van der Waals surface area (Å²) in [6, 6.07) is 8.32. The van der Waals surface area contributed by atoms with Crippen molar-refractivity contribution in [3.05, 3.63) is 51.2 Å². The van der Waals surface area contributed by atoms with Gasteiger partial charge in [-0.2, -0.15) is 0 Å². The van der Waals surface area contributed by atoms with Gasteiger partial charge in [0.1, 0.15) is 6.04 Å². The maximum atomic E-state index is 12.4. The zero-order chi connectivity index (χ0) is 17.6. The van der Waals surface area contributed by atoms with Gasteiger partial charge >= 0.3 is 0 Å². The van der Waals surface area contributed by atoms with Crippen molar-refractivity contribution < 1.29 is 14.3 Å². The lowest BCUT2D eigenvalue weighted by molar-refractivity contribution is -0.120. The molecule has 1 unspecified atom stereocenters. The summed E-state index contributed by atoms with van der Waals surface area (Å²) in [6.45, 7) is 1.99. The second-order valence-electron chi connectivity index (χ2n) is 5.53. The van der Waals surface area contributed by atoms with Gasteiger partial charge in [0.2, 0.25) is 5.91 Å². The number of hydrogen-bond donors (Lipinski definition) is 3. The average molecular weight is 416 g/mol. The lowest BCUT2D eigenvalue weighted by Gasteiger charge is -2.23. The van der Waals surface area contributed by atoms with E-state index in [9.17, 15) is 9.59 Å². The van der Waals surface area contributed by atoms with Gasteiger partial charge < -0.3 is 20.7 Å². The summed E-state index contributed by atoms with van der Waals surface area (Å²) in [5, 5.41) is 11.0. The Morgan fingerprint density at radius 1 is 1.35 bits per heavy atom. The predicted octanol–water partition coefficient (Wildman–Crippen LogP) is 2.68. The quantitative estimate of drug-likeness (QED) is 0.701. The third-order valence-electron chi connectivity index (χ3n) is 3.72. The van der Waals surface area contributed by atoms with E-state index in [1.807, 2.05) is 17.5 Å². The highest BCUT2D eigenvalue weighted by Gasteiger charge is 2.21. The van der Waals surface area contributed by atoms with E-state index >= 15 is 0 Å². The molecule has 140 valence electrons. The molecular formula is C17H19Cl2N3O3S. The Bertz CT molecular complexity index is 750. The van der Waals surface area contributed by atoms with Crippen LogP contribution in [-0.4, -0.2) is 37.6 Å². The molecule has 2 heterocycles. The van der Waals surface area contributed by atoms with Crippen molar-refractivity contribution in [1.82, 2.24) is 10.6 Å². The fourth-order valence-corrected chi connectivity index (χ4v) is 3.26. The molecule has 0 spiro atoms. The number of halogens is 2. The molecule has 1 fully saturated rings. The Balaban J connectivity index is 0.00000243. The van der Waals surface area contributed by atoms with E-state index in [2.05, 4.69) is 16.0 Å².